The molecule has 0 fully saturated rings. The summed E-state index contributed by atoms with van der Waals surface area (Å²) >= 11 is 0. The third-order valence-electron chi connectivity index (χ3n) is 3.17. The SMILES string of the molecule is CCCCC(Oc1c(C=O)cc([N+](=O)[O-])cc1OC)C(=O)OC. The van der Waals surface area contributed by atoms with Crippen LogP contribution in [-0.2, 0) is 9.53 Å². The Morgan fingerprint density at radius 2 is 2.09 bits per heavy atom. The molecule has 126 valence electrons. The molecule has 0 aliphatic carbocycles. The molecule has 0 aromatic heterocycles. The maximum absolute atomic E-state index is 11.8. The fourth-order valence-corrected chi connectivity index (χ4v) is 1.97. The van der Waals surface area contributed by atoms with Gasteiger partial charge in [0.05, 0.1) is 30.8 Å². The molecular weight excluding hydrogens is 306 g/mol. The standard InChI is InChI=1S/C15H19NO7/c1-4-5-6-12(15(18)22-3)23-14-10(9-17)7-11(16(19)20)8-13(14)21-2/h7-9,12H,4-6H2,1-3H3. The minimum absolute atomic E-state index is 0.00621. The quantitative estimate of drug-likeness (QED) is 0.297. The number of unbranched alkanes of at least 4 members (excludes halogenated alkanes) is 1. The lowest BCUT2D eigenvalue weighted by atomic mass is 10.1. The van der Waals surface area contributed by atoms with Crippen molar-refractivity contribution in [1.29, 1.82) is 0 Å². The lowest BCUT2D eigenvalue weighted by molar-refractivity contribution is -0.385. The van der Waals surface area contributed by atoms with E-state index >= 15 is 0 Å². The van der Waals surface area contributed by atoms with Gasteiger partial charge < -0.3 is 14.2 Å². The second-order valence-corrected chi connectivity index (χ2v) is 4.71. The van der Waals surface area contributed by atoms with Crippen LogP contribution in [0.25, 0.3) is 0 Å². The number of benzene rings is 1. The van der Waals surface area contributed by atoms with Crippen LogP contribution >= 0.6 is 0 Å². The highest BCUT2D eigenvalue weighted by Crippen LogP contribution is 2.36. The van der Waals surface area contributed by atoms with Gasteiger partial charge in [-0.1, -0.05) is 13.3 Å². The van der Waals surface area contributed by atoms with Crippen molar-refractivity contribution in [3.05, 3.63) is 27.8 Å². The molecule has 23 heavy (non-hydrogen) atoms. The first-order valence-corrected chi connectivity index (χ1v) is 7.04. The Kier molecular flexibility index (Phi) is 6.98. The summed E-state index contributed by atoms with van der Waals surface area (Å²) < 4.78 is 15.3. The molecule has 1 atom stereocenters. The molecule has 0 amide bonds. The maximum Gasteiger partial charge on any atom is 0.347 e. The van der Waals surface area contributed by atoms with E-state index in [1.54, 1.807) is 0 Å². The van der Waals surface area contributed by atoms with Crippen molar-refractivity contribution in [1.82, 2.24) is 0 Å². The van der Waals surface area contributed by atoms with Crippen LogP contribution in [0.4, 0.5) is 5.69 Å². The highest BCUT2D eigenvalue weighted by molar-refractivity contribution is 5.83. The van der Waals surface area contributed by atoms with Crippen LogP contribution in [0.2, 0.25) is 0 Å². The topological polar surface area (TPSA) is 105 Å². The number of hydrogen-bond donors (Lipinski definition) is 0. The number of methoxy groups -OCH3 is 2. The normalized spacial score (nSPS) is 11.4. The van der Waals surface area contributed by atoms with Crippen LogP contribution in [0.1, 0.15) is 36.5 Å². The molecule has 0 radical (unpaired) electrons. The van der Waals surface area contributed by atoms with Gasteiger partial charge in [0.1, 0.15) is 0 Å². The van der Waals surface area contributed by atoms with Gasteiger partial charge in [0, 0.05) is 6.07 Å². The number of nitrogens with zero attached hydrogens (tertiary/aromatic N) is 1. The number of carbonyl (C=O) groups is 2. The van der Waals surface area contributed by atoms with Crippen LogP contribution in [0.5, 0.6) is 11.5 Å². The molecule has 1 aromatic carbocycles. The highest BCUT2D eigenvalue weighted by atomic mass is 16.6. The second kappa shape index (κ2) is 8.72. The molecule has 0 N–H and O–H groups in total. The molecule has 0 saturated heterocycles. The van der Waals surface area contributed by atoms with Gasteiger partial charge in [-0.15, -0.1) is 0 Å². The number of nitro groups is 1. The first-order valence-electron chi connectivity index (χ1n) is 7.04. The van der Waals surface area contributed by atoms with Crippen molar-refractivity contribution in [2.24, 2.45) is 0 Å². The van der Waals surface area contributed by atoms with Gasteiger partial charge >= 0.3 is 5.97 Å². The summed E-state index contributed by atoms with van der Waals surface area (Å²) in [5, 5.41) is 10.9. The van der Waals surface area contributed by atoms with E-state index < -0.39 is 17.0 Å². The molecule has 0 heterocycles. The lowest BCUT2D eigenvalue weighted by Crippen LogP contribution is -2.29. The smallest absolute Gasteiger partial charge is 0.347 e. The number of hydrogen-bond acceptors (Lipinski definition) is 7. The summed E-state index contributed by atoms with van der Waals surface area (Å²) in [6, 6.07) is 2.20. The number of ether oxygens (including phenoxy) is 3. The van der Waals surface area contributed by atoms with E-state index in [1.807, 2.05) is 6.92 Å². The molecule has 1 aromatic rings. The molecule has 0 bridgehead atoms. The van der Waals surface area contributed by atoms with E-state index in [0.29, 0.717) is 19.1 Å². The zero-order chi connectivity index (χ0) is 17.4. The van der Waals surface area contributed by atoms with Crippen LogP contribution < -0.4 is 9.47 Å². The fraction of sp³-hybridized carbons (Fsp3) is 0.467. The van der Waals surface area contributed by atoms with E-state index in [2.05, 4.69) is 4.74 Å². The van der Waals surface area contributed by atoms with Crippen molar-refractivity contribution in [2.45, 2.75) is 32.3 Å². The Labute approximate surface area is 133 Å². The molecule has 0 spiro atoms. The average Bonchev–Trinajstić information content (AvgIpc) is 2.57. The van der Waals surface area contributed by atoms with E-state index in [4.69, 9.17) is 9.47 Å². The molecular formula is C15H19NO7. The van der Waals surface area contributed by atoms with Crippen molar-refractivity contribution in [2.75, 3.05) is 14.2 Å². The Morgan fingerprint density at radius 3 is 2.57 bits per heavy atom. The molecule has 8 heteroatoms. The second-order valence-electron chi connectivity index (χ2n) is 4.71. The maximum atomic E-state index is 11.8. The summed E-state index contributed by atoms with van der Waals surface area (Å²) in [6.45, 7) is 1.96. The Bertz CT molecular complexity index is 585. The lowest BCUT2D eigenvalue weighted by Gasteiger charge is -2.19. The fourth-order valence-electron chi connectivity index (χ4n) is 1.97. The minimum Gasteiger partial charge on any atom is -0.493 e. The predicted molar refractivity (Wildman–Crippen MR) is 81.0 cm³/mol. The van der Waals surface area contributed by atoms with Gasteiger partial charge in [-0.3, -0.25) is 14.9 Å². The van der Waals surface area contributed by atoms with E-state index in [0.717, 1.165) is 18.6 Å². The first-order chi connectivity index (χ1) is 11.0. The monoisotopic (exact) mass is 325 g/mol. The van der Waals surface area contributed by atoms with Crippen molar-refractivity contribution in [3.8, 4) is 11.5 Å². The van der Waals surface area contributed by atoms with Gasteiger partial charge in [-0.25, -0.2) is 4.79 Å². The molecule has 8 nitrogen and oxygen atoms in total. The van der Waals surface area contributed by atoms with Gasteiger partial charge in [-0.2, -0.15) is 0 Å². The van der Waals surface area contributed by atoms with Crippen LogP contribution in [0, 0.1) is 10.1 Å². The zero-order valence-electron chi connectivity index (χ0n) is 13.2. The summed E-state index contributed by atoms with van der Waals surface area (Å²) in [5.74, 6) is -0.595. The third-order valence-corrected chi connectivity index (χ3v) is 3.17. The summed E-state index contributed by atoms with van der Waals surface area (Å²) in [6.07, 6.45) is 1.44. The van der Waals surface area contributed by atoms with Gasteiger partial charge in [-0.05, 0) is 12.8 Å². The molecule has 0 aliphatic heterocycles. The van der Waals surface area contributed by atoms with E-state index in [1.165, 1.54) is 14.2 Å². The van der Waals surface area contributed by atoms with Crippen molar-refractivity contribution >= 4 is 17.9 Å². The van der Waals surface area contributed by atoms with Crippen molar-refractivity contribution < 1.29 is 28.7 Å². The van der Waals surface area contributed by atoms with E-state index in [9.17, 15) is 19.7 Å². The Hall–Kier alpha value is -2.64. The summed E-state index contributed by atoms with van der Waals surface area (Å²) in [5.41, 5.74) is -0.374. The minimum atomic E-state index is -0.922. The number of carbonyl (C=O) groups excluding carboxylic acids is 2. The molecule has 1 rings (SSSR count). The molecule has 1 unspecified atom stereocenters. The number of nitro benzene ring substituents is 1. The van der Waals surface area contributed by atoms with Crippen LogP contribution in [0.3, 0.4) is 0 Å². The predicted octanol–water partition coefficient (Wildman–Crippen LogP) is 2.53. The van der Waals surface area contributed by atoms with Crippen molar-refractivity contribution in [3.63, 3.8) is 0 Å². The molecule has 0 aliphatic rings. The van der Waals surface area contributed by atoms with Gasteiger partial charge in [0.2, 0.25) is 0 Å². The van der Waals surface area contributed by atoms with Gasteiger partial charge in [0.15, 0.2) is 23.9 Å². The largest absolute Gasteiger partial charge is 0.493 e. The average molecular weight is 325 g/mol. The van der Waals surface area contributed by atoms with Gasteiger partial charge in [0.25, 0.3) is 5.69 Å². The number of esters is 1. The van der Waals surface area contributed by atoms with E-state index in [-0.39, 0.29) is 22.7 Å². The van der Waals surface area contributed by atoms with Crippen LogP contribution in [-0.4, -0.2) is 37.5 Å². The third kappa shape index (κ3) is 4.67. The number of aldehydes is 1. The first kappa shape index (κ1) is 18.4. The summed E-state index contributed by atoms with van der Waals surface area (Å²) in [4.78, 5) is 33.3. The Morgan fingerprint density at radius 1 is 1.39 bits per heavy atom. The zero-order valence-corrected chi connectivity index (χ0v) is 13.2. The summed E-state index contributed by atoms with van der Waals surface area (Å²) in [7, 11) is 2.53. The van der Waals surface area contributed by atoms with Crippen LogP contribution in [0.15, 0.2) is 12.1 Å². The molecule has 0 saturated carbocycles. The Balaban J connectivity index is 3.24. The highest BCUT2D eigenvalue weighted by Gasteiger charge is 2.26. The number of rotatable bonds is 9. The number of non-ortho nitro benzene ring substituents is 1.